The van der Waals surface area contributed by atoms with Gasteiger partial charge in [0.15, 0.2) is 0 Å². The summed E-state index contributed by atoms with van der Waals surface area (Å²) in [6, 6.07) is 11.9. The number of amides is 2. The number of benzene rings is 2. The Morgan fingerprint density at radius 3 is 2.29 bits per heavy atom. The second-order valence-corrected chi connectivity index (χ2v) is 7.42. The molecule has 0 aromatic heterocycles. The molecule has 11 heteroatoms. The number of carboxylic acid groups (broad SMARTS) is 2. The number of rotatable bonds is 7. The van der Waals surface area contributed by atoms with Crippen LogP contribution in [-0.2, 0) is 21.0 Å². The number of carboxylic acids is 2. The summed E-state index contributed by atoms with van der Waals surface area (Å²) < 4.78 is 5.79. The monoisotopic (exact) mass is 470 g/mol. The molecule has 0 fully saturated rings. The lowest BCUT2D eigenvalue weighted by molar-refractivity contribution is -0.137. The Labute approximate surface area is 195 Å². The van der Waals surface area contributed by atoms with Crippen molar-refractivity contribution in [1.29, 1.82) is 5.41 Å². The van der Waals surface area contributed by atoms with E-state index in [2.05, 4.69) is 0 Å². The van der Waals surface area contributed by atoms with Gasteiger partial charge in [-0.1, -0.05) is 24.3 Å². The summed E-state index contributed by atoms with van der Waals surface area (Å²) in [6.07, 6.45) is -0.246. The zero-order valence-electron chi connectivity index (χ0n) is 18.8. The van der Waals surface area contributed by atoms with E-state index in [9.17, 15) is 14.4 Å². The predicted octanol–water partition coefficient (Wildman–Crippen LogP) is 1.53. The van der Waals surface area contributed by atoms with E-state index in [0.717, 1.165) is 12.5 Å². The first-order chi connectivity index (χ1) is 16.0. The van der Waals surface area contributed by atoms with Crippen LogP contribution in [0, 0.1) is 5.41 Å². The van der Waals surface area contributed by atoms with Crippen LogP contribution in [0.5, 0.6) is 5.75 Å². The van der Waals surface area contributed by atoms with Gasteiger partial charge in [-0.05, 0) is 23.8 Å². The molecule has 2 aromatic carbocycles. The number of anilines is 1. The van der Waals surface area contributed by atoms with Crippen LogP contribution in [0.2, 0.25) is 0 Å². The maximum Gasteiger partial charge on any atom is 0.305 e. The molecule has 5 N–H and O–H groups in total. The van der Waals surface area contributed by atoms with Gasteiger partial charge >= 0.3 is 5.97 Å². The Bertz CT molecular complexity index is 1090. The third-order valence-corrected chi connectivity index (χ3v) is 4.81. The molecule has 0 saturated carbocycles. The largest absolute Gasteiger partial charge is 0.489 e. The standard InChI is InChI=1S/C21H22N4O5.C2H4O2/c1-24-17-7-6-15(30-12-13-2-4-14(5-3-13)20(22)23)10-16(17)21(29)25(11-18(24)26)9-8-19(27)28;1-2(3)4/h2-7,10H,8-9,11-12H2,1H3,(H3,22,23)(H,27,28);1H3,(H,3,4). The van der Waals surface area contributed by atoms with Crippen molar-refractivity contribution in [3.05, 3.63) is 59.2 Å². The van der Waals surface area contributed by atoms with Gasteiger partial charge in [-0.3, -0.25) is 24.6 Å². The summed E-state index contributed by atoms with van der Waals surface area (Å²) >= 11 is 0. The first kappa shape index (κ1) is 25.8. The molecule has 2 amide bonds. The van der Waals surface area contributed by atoms with Crippen molar-refractivity contribution < 1.29 is 34.1 Å². The van der Waals surface area contributed by atoms with Crippen molar-refractivity contribution in [3.63, 3.8) is 0 Å². The lowest BCUT2D eigenvalue weighted by Gasteiger charge is -2.19. The third kappa shape index (κ3) is 7.05. The highest BCUT2D eigenvalue weighted by Gasteiger charge is 2.30. The molecule has 3 rings (SSSR count). The zero-order chi connectivity index (χ0) is 25.4. The van der Waals surface area contributed by atoms with Gasteiger partial charge in [0, 0.05) is 26.1 Å². The van der Waals surface area contributed by atoms with Gasteiger partial charge in [-0.25, -0.2) is 0 Å². The number of amidine groups is 1. The minimum Gasteiger partial charge on any atom is -0.489 e. The highest BCUT2D eigenvalue weighted by atomic mass is 16.5. The minimum atomic E-state index is -1.04. The molecule has 1 heterocycles. The molecule has 1 aliphatic heterocycles. The molecule has 0 atom stereocenters. The smallest absolute Gasteiger partial charge is 0.305 e. The zero-order valence-corrected chi connectivity index (χ0v) is 18.8. The summed E-state index contributed by atoms with van der Waals surface area (Å²) in [7, 11) is 1.58. The Balaban J connectivity index is 0.000000945. The Kier molecular flexibility index (Phi) is 8.71. The molecule has 0 spiro atoms. The van der Waals surface area contributed by atoms with E-state index in [0.29, 0.717) is 17.0 Å². The van der Waals surface area contributed by atoms with E-state index < -0.39 is 17.8 Å². The first-order valence-corrected chi connectivity index (χ1v) is 10.2. The lowest BCUT2D eigenvalue weighted by Crippen LogP contribution is -2.38. The van der Waals surface area contributed by atoms with Gasteiger partial charge in [0.05, 0.1) is 17.7 Å². The summed E-state index contributed by atoms with van der Waals surface area (Å²) in [5.74, 6) is -2.16. The van der Waals surface area contributed by atoms with Crippen LogP contribution in [0.3, 0.4) is 0 Å². The van der Waals surface area contributed by atoms with Crippen LogP contribution in [0.4, 0.5) is 5.69 Å². The van der Waals surface area contributed by atoms with E-state index >= 15 is 0 Å². The van der Waals surface area contributed by atoms with Crippen LogP contribution in [0.25, 0.3) is 0 Å². The van der Waals surface area contributed by atoms with Crippen molar-refractivity contribution in [2.24, 2.45) is 5.73 Å². The summed E-state index contributed by atoms with van der Waals surface area (Å²) in [6.45, 7) is 1.08. The molecule has 0 aliphatic carbocycles. The Hall–Kier alpha value is -4.41. The van der Waals surface area contributed by atoms with E-state index in [1.54, 1.807) is 49.5 Å². The van der Waals surface area contributed by atoms with Crippen molar-refractivity contribution in [2.75, 3.05) is 25.0 Å². The summed E-state index contributed by atoms with van der Waals surface area (Å²) in [5.41, 5.74) is 7.64. The maximum absolute atomic E-state index is 12.9. The third-order valence-electron chi connectivity index (χ3n) is 4.81. The fourth-order valence-electron chi connectivity index (χ4n) is 3.07. The average molecular weight is 470 g/mol. The summed E-state index contributed by atoms with van der Waals surface area (Å²) in [5, 5.41) is 23.7. The second kappa shape index (κ2) is 11.5. The average Bonchev–Trinajstić information content (AvgIpc) is 2.86. The first-order valence-electron chi connectivity index (χ1n) is 10.2. The molecule has 34 heavy (non-hydrogen) atoms. The number of hydrogen-bond acceptors (Lipinski definition) is 6. The number of nitrogen functional groups attached to an aromatic ring is 1. The Morgan fingerprint density at radius 2 is 1.74 bits per heavy atom. The van der Waals surface area contributed by atoms with E-state index in [1.165, 1.54) is 9.80 Å². The molecular formula is C23H26N4O7. The molecule has 180 valence electrons. The maximum atomic E-state index is 12.9. The molecular weight excluding hydrogens is 444 g/mol. The van der Waals surface area contributed by atoms with Gasteiger partial charge < -0.3 is 30.5 Å². The number of likely N-dealkylation sites (N-methyl/N-ethyl adjacent to an activating group) is 1. The van der Waals surface area contributed by atoms with Gasteiger partial charge in [0.1, 0.15) is 24.7 Å². The molecule has 0 unspecified atom stereocenters. The number of nitrogens with one attached hydrogen (secondary N) is 1. The number of hydrogen-bond donors (Lipinski definition) is 4. The fraction of sp³-hybridized carbons (Fsp3) is 0.261. The number of fused-ring (bicyclic) bond motifs is 1. The molecule has 0 radical (unpaired) electrons. The SMILES string of the molecule is CC(=O)O.CN1C(=O)CN(CCC(=O)O)C(=O)c2cc(OCc3ccc(C(=N)N)cc3)ccc21. The quantitative estimate of drug-likeness (QED) is 0.348. The molecule has 11 nitrogen and oxygen atoms in total. The molecule has 2 aromatic rings. The number of carbonyl (C=O) groups excluding carboxylic acids is 2. The Morgan fingerprint density at radius 1 is 1.12 bits per heavy atom. The van der Waals surface area contributed by atoms with E-state index in [-0.39, 0.29) is 43.4 Å². The topological polar surface area (TPSA) is 174 Å². The normalized spacial score (nSPS) is 12.8. The number of nitrogens with zero attached hydrogens (tertiary/aromatic N) is 2. The number of carbonyl (C=O) groups is 4. The van der Waals surface area contributed by atoms with E-state index in [4.69, 9.17) is 30.9 Å². The highest BCUT2D eigenvalue weighted by molar-refractivity contribution is 6.09. The van der Waals surface area contributed by atoms with Gasteiger partial charge in [0.25, 0.3) is 11.9 Å². The van der Waals surface area contributed by atoms with Crippen LogP contribution in [0.15, 0.2) is 42.5 Å². The number of aliphatic carboxylic acids is 2. The lowest BCUT2D eigenvalue weighted by atomic mass is 10.1. The number of nitrogens with two attached hydrogens (primary N) is 1. The van der Waals surface area contributed by atoms with Crippen molar-refractivity contribution in [1.82, 2.24) is 4.90 Å². The highest BCUT2D eigenvalue weighted by Crippen LogP contribution is 2.29. The van der Waals surface area contributed by atoms with Crippen molar-refractivity contribution in [2.45, 2.75) is 20.0 Å². The second-order valence-electron chi connectivity index (χ2n) is 7.42. The van der Waals surface area contributed by atoms with Crippen molar-refractivity contribution in [3.8, 4) is 5.75 Å². The molecule has 0 saturated heterocycles. The van der Waals surface area contributed by atoms with Gasteiger partial charge in [-0.2, -0.15) is 0 Å². The minimum absolute atomic E-state index is 0.0159. The van der Waals surface area contributed by atoms with Crippen LogP contribution in [-0.4, -0.2) is 64.8 Å². The fourth-order valence-corrected chi connectivity index (χ4v) is 3.07. The summed E-state index contributed by atoms with van der Waals surface area (Å²) in [4.78, 5) is 47.8. The molecule has 0 bridgehead atoms. The molecule has 1 aliphatic rings. The predicted molar refractivity (Wildman–Crippen MR) is 123 cm³/mol. The number of ether oxygens (including phenoxy) is 1. The van der Waals surface area contributed by atoms with E-state index in [1.807, 2.05) is 0 Å². The van der Waals surface area contributed by atoms with Crippen LogP contribution in [0.1, 0.15) is 34.8 Å². The van der Waals surface area contributed by atoms with Crippen molar-refractivity contribution >= 4 is 35.3 Å². The van der Waals surface area contributed by atoms with Crippen LogP contribution >= 0.6 is 0 Å². The van der Waals surface area contributed by atoms with Gasteiger partial charge in [-0.15, -0.1) is 0 Å². The van der Waals surface area contributed by atoms with Crippen LogP contribution < -0.4 is 15.4 Å². The van der Waals surface area contributed by atoms with Gasteiger partial charge in [0.2, 0.25) is 5.91 Å².